The molecule has 0 amide bonds. The number of allylic oxidation sites excluding steroid dienone is 8. The molecule has 2 nitrogen and oxygen atoms in total. The number of rotatable bonds is 10. The van der Waals surface area contributed by atoms with Crippen molar-refractivity contribution < 1.29 is 8.85 Å². The summed E-state index contributed by atoms with van der Waals surface area (Å²) in [7, 11) is -3.11. The van der Waals surface area contributed by atoms with Crippen LogP contribution >= 0.6 is 0 Å². The van der Waals surface area contributed by atoms with Gasteiger partial charge in [-0.1, -0.05) is 47.6 Å². The molecule has 4 atom stereocenters. The maximum Gasteiger partial charge on any atom is 0.183 e. The first-order valence-electron chi connectivity index (χ1n) is 13.6. The minimum Gasteiger partial charge on any atom is -0.418 e. The summed E-state index contributed by atoms with van der Waals surface area (Å²) in [6.07, 6.45) is 24.7. The van der Waals surface area contributed by atoms with Gasteiger partial charge in [-0.3, -0.25) is 0 Å². The van der Waals surface area contributed by atoms with Crippen LogP contribution in [0.1, 0.15) is 51.4 Å². The van der Waals surface area contributed by atoms with Gasteiger partial charge < -0.3 is 8.85 Å². The Morgan fingerprint density at radius 1 is 0.758 bits per heavy atom. The standard InChI is InChI=1S/C29H48O2Si2/c1-32(2,3)30-21-11-20-29(22-31-33(4,5)6,27-18-16-23-12-7-9-14-25(23)27)28-19-17-24-13-8-10-15-26(24)28/h7-10,14-15,23-24,27-28H,11-13,16-22H2,1-6H3. The average Bonchev–Trinajstić information content (AvgIpc) is 3.37. The summed E-state index contributed by atoms with van der Waals surface area (Å²) >= 11 is 0. The molecule has 33 heavy (non-hydrogen) atoms. The predicted molar refractivity (Wildman–Crippen MR) is 146 cm³/mol. The fourth-order valence-electron chi connectivity index (χ4n) is 7.06. The molecule has 0 N–H and O–H groups in total. The summed E-state index contributed by atoms with van der Waals surface area (Å²) < 4.78 is 13.3. The summed E-state index contributed by atoms with van der Waals surface area (Å²) in [5, 5.41) is 0. The predicted octanol–water partition coefficient (Wildman–Crippen LogP) is 8.28. The molecule has 4 aliphatic rings. The highest BCUT2D eigenvalue weighted by Gasteiger charge is 2.53. The molecule has 0 aromatic heterocycles. The van der Waals surface area contributed by atoms with Crippen molar-refractivity contribution in [1.82, 2.24) is 0 Å². The lowest BCUT2D eigenvalue weighted by molar-refractivity contribution is 0.0274. The van der Waals surface area contributed by atoms with Gasteiger partial charge in [-0.25, -0.2) is 0 Å². The molecule has 184 valence electrons. The fourth-order valence-corrected chi connectivity index (χ4v) is 8.52. The van der Waals surface area contributed by atoms with Gasteiger partial charge in [0, 0.05) is 18.6 Å². The normalized spacial score (nSPS) is 31.1. The second kappa shape index (κ2) is 10.1. The monoisotopic (exact) mass is 484 g/mol. The van der Waals surface area contributed by atoms with E-state index in [1.54, 1.807) is 11.1 Å². The molecule has 0 bridgehead atoms. The van der Waals surface area contributed by atoms with Crippen molar-refractivity contribution in [2.24, 2.45) is 29.1 Å². The summed E-state index contributed by atoms with van der Waals surface area (Å²) in [6, 6.07) is 0. The van der Waals surface area contributed by atoms with E-state index < -0.39 is 16.6 Å². The van der Waals surface area contributed by atoms with Crippen LogP contribution in [0.3, 0.4) is 0 Å². The molecule has 4 heteroatoms. The third kappa shape index (κ3) is 5.94. The average molecular weight is 485 g/mol. The molecule has 0 aromatic carbocycles. The zero-order valence-electron chi connectivity index (χ0n) is 22.2. The van der Waals surface area contributed by atoms with E-state index in [0.717, 1.165) is 31.5 Å². The molecule has 0 aromatic rings. The highest BCUT2D eigenvalue weighted by Crippen LogP contribution is 2.60. The lowest BCUT2D eigenvalue weighted by Crippen LogP contribution is -2.45. The molecule has 0 radical (unpaired) electrons. The van der Waals surface area contributed by atoms with Gasteiger partial charge in [0.15, 0.2) is 16.6 Å². The lowest BCUT2D eigenvalue weighted by atomic mass is 9.60. The van der Waals surface area contributed by atoms with E-state index in [2.05, 4.69) is 75.7 Å². The van der Waals surface area contributed by atoms with Crippen LogP contribution in [0.4, 0.5) is 0 Å². The van der Waals surface area contributed by atoms with E-state index in [0.29, 0.717) is 11.8 Å². The second-order valence-electron chi connectivity index (χ2n) is 13.0. The Kier molecular flexibility index (Phi) is 7.79. The van der Waals surface area contributed by atoms with Gasteiger partial charge in [-0.2, -0.15) is 0 Å². The van der Waals surface area contributed by atoms with E-state index in [-0.39, 0.29) is 5.41 Å². The van der Waals surface area contributed by atoms with Crippen molar-refractivity contribution in [1.29, 1.82) is 0 Å². The Balaban J connectivity index is 1.70. The Labute approximate surface area is 205 Å². The summed E-state index contributed by atoms with van der Waals surface area (Å²) in [6.45, 7) is 15.9. The number of hydrogen-bond acceptors (Lipinski definition) is 2. The number of hydrogen-bond donors (Lipinski definition) is 0. The van der Waals surface area contributed by atoms with Crippen molar-refractivity contribution in [2.45, 2.75) is 90.6 Å². The van der Waals surface area contributed by atoms with Gasteiger partial charge in [-0.05, 0) is 114 Å². The van der Waals surface area contributed by atoms with Crippen molar-refractivity contribution >= 4 is 16.6 Å². The van der Waals surface area contributed by atoms with E-state index in [1.165, 1.54) is 44.9 Å². The van der Waals surface area contributed by atoms with Crippen LogP contribution in [-0.2, 0) is 8.85 Å². The van der Waals surface area contributed by atoms with Crippen molar-refractivity contribution in [3.8, 4) is 0 Å². The van der Waals surface area contributed by atoms with Crippen molar-refractivity contribution in [3.05, 3.63) is 47.6 Å². The fraction of sp³-hybridized carbons (Fsp3) is 0.724. The van der Waals surface area contributed by atoms with Crippen LogP contribution in [0, 0.1) is 29.1 Å². The topological polar surface area (TPSA) is 18.5 Å². The van der Waals surface area contributed by atoms with Gasteiger partial charge in [0.25, 0.3) is 0 Å². The molecule has 0 heterocycles. The molecule has 4 unspecified atom stereocenters. The van der Waals surface area contributed by atoms with Crippen LogP contribution in [0.15, 0.2) is 47.6 Å². The van der Waals surface area contributed by atoms with Gasteiger partial charge >= 0.3 is 0 Å². The van der Waals surface area contributed by atoms with Gasteiger partial charge in [-0.15, -0.1) is 0 Å². The van der Waals surface area contributed by atoms with Gasteiger partial charge in [0.2, 0.25) is 0 Å². The van der Waals surface area contributed by atoms with E-state index in [9.17, 15) is 0 Å². The zero-order chi connectivity index (χ0) is 23.7. The van der Waals surface area contributed by atoms with Crippen LogP contribution < -0.4 is 0 Å². The third-order valence-electron chi connectivity index (χ3n) is 8.53. The van der Waals surface area contributed by atoms with Crippen LogP contribution in [0.2, 0.25) is 39.3 Å². The molecule has 4 rings (SSSR count). The Hall–Kier alpha value is -0.686. The van der Waals surface area contributed by atoms with E-state index in [1.807, 2.05) is 0 Å². The smallest absolute Gasteiger partial charge is 0.183 e. The van der Waals surface area contributed by atoms with Crippen molar-refractivity contribution in [3.63, 3.8) is 0 Å². The molecule has 0 aliphatic heterocycles. The third-order valence-corrected chi connectivity index (χ3v) is 10.6. The summed E-state index contributed by atoms with van der Waals surface area (Å²) in [4.78, 5) is 0. The number of fused-ring (bicyclic) bond motifs is 2. The van der Waals surface area contributed by atoms with Crippen LogP contribution in [0.5, 0.6) is 0 Å². The van der Waals surface area contributed by atoms with Crippen molar-refractivity contribution in [2.75, 3.05) is 13.2 Å². The molecule has 0 saturated heterocycles. The highest BCUT2D eigenvalue weighted by atomic mass is 28.4. The quantitative estimate of drug-likeness (QED) is 0.229. The summed E-state index contributed by atoms with van der Waals surface area (Å²) in [5.41, 5.74) is 3.71. The van der Waals surface area contributed by atoms with E-state index in [4.69, 9.17) is 8.85 Å². The van der Waals surface area contributed by atoms with Gasteiger partial charge in [0.1, 0.15) is 0 Å². The largest absolute Gasteiger partial charge is 0.418 e. The second-order valence-corrected chi connectivity index (χ2v) is 22.0. The lowest BCUT2D eigenvalue weighted by Gasteiger charge is -2.48. The first-order chi connectivity index (χ1) is 15.6. The first kappa shape index (κ1) is 25.4. The van der Waals surface area contributed by atoms with Crippen LogP contribution in [0.25, 0.3) is 0 Å². The summed E-state index contributed by atoms with van der Waals surface area (Å²) in [5.74, 6) is 2.85. The maximum absolute atomic E-state index is 6.89. The SMILES string of the molecule is C[Si](C)(C)OCCCC(CO[Si](C)(C)C)(C1CCC2CC=CC=C21)C1CCC2CC=CC=C21. The van der Waals surface area contributed by atoms with Crippen LogP contribution in [-0.4, -0.2) is 29.8 Å². The van der Waals surface area contributed by atoms with Gasteiger partial charge in [0.05, 0.1) is 0 Å². The first-order valence-corrected chi connectivity index (χ1v) is 20.4. The Morgan fingerprint density at radius 3 is 1.76 bits per heavy atom. The Morgan fingerprint density at radius 2 is 1.27 bits per heavy atom. The van der Waals surface area contributed by atoms with E-state index >= 15 is 0 Å². The minimum absolute atomic E-state index is 0.209. The molecule has 2 fully saturated rings. The maximum atomic E-state index is 6.89. The Bertz CT molecular complexity index is 762. The molecule has 4 aliphatic carbocycles. The zero-order valence-corrected chi connectivity index (χ0v) is 24.2. The highest BCUT2D eigenvalue weighted by molar-refractivity contribution is 6.70. The minimum atomic E-state index is -1.62. The molecule has 2 saturated carbocycles. The molecule has 0 spiro atoms. The molecular weight excluding hydrogens is 436 g/mol. The molecular formula is C29H48O2Si2.